The molecule has 3 nitrogen and oxygen atoms in total. The average molecular weight is 300 g/mol. The first-order chi connectivity index (χ1) is 10.7. The number of rotatable bonds is 7. The van der Waals surface area contributed by atoms with Gasteiger partial charge in [-0.3, -0.25) is 4.79 Å². The smallest absolute Gasteiger partial charge is 0.254 e. The molecule has 4 heteroatoms. The second kappa shape index (κ2) is 8.17. The molecule has 0 fully saturated rings. The summed E-state index contributed by atoms with van der Waals surface area (Å²) < 4.78 is 13.5. The van der Waals surface area contributed by atoms with Crippen LogP contribution in [0.2, 0.25) is 0 Å². The highest BCUT2D eigenvalue weighted by molar-refractivity contribution is 5.94. The number of anilines is 1. The molecule has 0 spiro atoms. The third-order valence-electron chi connectivity index (χ3n) is 3.51. The van der Waals surface area contributed by atoms with Gasteiger partial charge in [-0.2, -0.15) is 0 Å². The van der Waals surface area contributed by atoms with Crippen molar-refractivity contribution >= 4 is 11.6 Å². The Balaban J connectivity index is 1.79. The Labute approximate surface area is 130 Å². The zero-order valence-corrected chi connectivity index (χ0v) is 12.8. The first kappa shape index (κ1) is 16.0. The van der Waals surface area contributed by atoms with Crippen LogP contribution in [0.5, 0.6) is 0 Å². The summed E-state index contributed by atoms with van der Waals surface area (Å²) in [6.45, 7) is 4.38. The van der Waals surface area contributed by atoms with E-state index in [4.69, 9.17) is 0 Å². The summed E-state index contributed by atoms with van der Waals surface area (Å²) in [6, 6.07) is 16.2. The molecule has 0 atom stereocenters. The van der Waals surface area contributed by atoms with Gasteiger partial charge in [-0.25, -0.2) is 4.39 Å². The molecule has 0 heterocycles. The molecule has 0 aliphatic carbocycles. The number of para-hydroxylation sites is 1. The molecule has 0 saturated carbocycles. The lowest BCUT2D eigenvalue weighted by Gasteiger charge is -2.23. The highest BCUT2D eigenvalue weighted by atomic mass is 19.1. The topological polar surface area (TPSA) is 32.3 Å². The van der Waals surface area contributed by atoms with Gasteiger partial charge in [0.2, 0.25) is 0 Å². The summed E-state index contributed by atoms with van der Waals surface area (Å²) in [7, 11) is 0. The number of hydrogen-bond acceptors (Lipinski definition) is 2. The predicted molar refractivity (Wildman–Crippen MR) is 87.7 cm³/mol. The normalized spacial score (nSPS) is 10.3. The summed E-state index contributed by atoms with van der Waals surface area (Å²) in [5.41, 5.74) is 1.27. The number of hydrogen-bond donors (Lipinski definition) is 1. The van der Waals surface area contributed by atoms with Crippen molar-refractivity contribution in [2.24, 2.45) is 0 Å². The van der Waals surface area contributed by atoms with E-state index in [1.807, 2.05) is 18.2 Å². The molecule has 2 aromatic rings. The van der Waals surface area contributed by atoms with Crippen molar-refractivity contribution in [1.82, 2.24) is 5.32 Å². The minimum absolute atomic E-state index is 0.0953. The highest BCUT2D eigenvalue weighted by Gasteiger charge is 2.10. The number of carbonyl (C=O) groups is 1. The fourth-order valence-electron chi connectivity index (χ4n) is 2.32. The fraction of sp³-hybridized carbons (Fsp3) is 0.278. The fourth-order valence-corrected chi connectivity index (χ4v) is 2.32. The predicted octanol–water partition coefficient (Wildman–Crippen LogP) is 3.47. The highest BCUT2D eigenvalue weighted by Crippen LogP contribution is 2.12. The van der Waals surface area contributed by atoms with Gasteiger partial charge in [-0.05, 0) is 37.6 Å². The average Bonchev–Trinajstić information content (AvgIpc) is 2.56. The van der Waals surface area contributed by atoms with Gasteiger partial charge in [0.1, 0.15) is 5.82 Å². The van der Waals surface area contributed by atoms with Crippen LogP contribution in [0, 0.1) is 5.82 Å². The molecular formula is C18H21FN2O. The lowest BCUT2D eigenvalue weighted by atomic mass is 10.2. The van der Waals surface area contributed by atoms with E-state index in [0.717, 1.165) is 19.5 Å². The van der Waals surface area contributed by atoms with Gasteiger partial charge in [0, 0.05) is 25.3 Å². The molecule has 0 aromatic heterocycles. The van der Waals surface area contributed by atoms with Crippen molar-refractivity contribution in [2.75, 3.05) is 24.5 Å². The van der Waals surface area contributed by atoms with E-state index < -0.39 is 5.82 Å². The van der Waals surface area contributed by atoms with Crippen molar-refractivity contribution in [2.45, 2.75) is 13.3 Å². The van der Waals surface area contributed by atoms with E-state index in [2.05, 4.69) is 29.3 Å². The van der Waals surface area contributed by atoms with Gasteiger partial charge in [0.25, 0.3) is 5.91 Å². The van der Waals surface area contributed by atoms with Crippen LogP contribution in [0.25, 0.3) is 0 Å². The van der Waals surface area contributed by atoms with Crippen molar-refractivity contribution in [3.8, 4) is 0 Å². The molecule has 2 rings (SSSR count). The Morgan fingerprint density at radius 3 is 2.45 bits per heavy atom. The van der Waals surface area contributed by atoms with Crippen LogP contribution in [0.1, 0.15) is 23.7 Å². The van der Waals surface area contributed by atoms with Gasteiger partial charge in [0.15, 0.2) is 0 Å². The molecule has 22 heavy (non-hydrogen) atoms. The third kappa shape index (κ3) is 4.32. The summed E-state index contributed by atoms with van der Waals surface area (Å²) >= 11 is 0. The first-order valence-corrected chi connectivity index (χ1v) is 7.55. The molecule has 116 valence electrons. The second-order valence-electron chi connectivity index (χ2n) is 5.00. The maximum absolute atomic E-state index is 13.5. The number of halogens is 1. The Morgan fingerprint density at radius 2 is 1.77 bits per heavy atom. The molecule has 0 saturated heterocycles. The Morgan fingerprint density at radius 1 is 1.09 bits per heavy atom. The van der Waals surface area contributed by atoms with Crippen molar-refractivity contribution in [3.05, 3.63) is 66.0 Å². The summed E-state index contributed by atoms with van der Waals surface area (Å²) in [6.07, 6.45) is 0.808. The Hall–Kier alpha value is -2.36. The van der Waals surface area contributed by atoms with Gasteiger partial charge in [-0.15, -0.1) is 0 Å². The van der Waals surface area contributed by atoms with Gasteiger partial charge in [0.05, 0.1) is 5.56 Å². The monoisotopic (exact) mass is 300 g/mol. The van der Waals surface area contributed by atoms with E-state index in [1.165, 1.54) is 17.8 Å². The first-order valence-electron chi connectivity index (χ1n) is 7.55. The maximum atomic E-state index is 13.5. The lowest BCUT2D eigenvalue weighted by molar-refractivity contribution is 0.0949. The summed E-state index contributed by atoms with van der Waals surface area (Å²) in [5, 5.41) is 2.77. The van der Waals surface area contributed by atoms with Crippen LogP contribution in [0.3, 0.4) is 0 Å². The standard InChI is InChI=1S/C18H21FN2O/c1-2-21(15-9-4-3-5-10-15)14-8-13-20-18(22)16-11-6-7-12-17(16)19/h3-7,9-12H,2,8,13-14H2,1H3,(H,20,22). The van der Waals surface area contributed by atoms with Crippen LogP contribution < -0.4 is 10.2 Å². The van der Waals surface area contributed by atoms with Crippen LogP contribution in [-0.2, 0) is 0 Å². The second-order valence-corrected chi connectivity index (χ2v) is 5.00. The lowest BCUT2D eigenvalue weighted by Crippen LogP contribution is -2.30. The quantitative estimate of drug-likeness (QED) is 0.794. The van der Waals surface area contributed by atoms with Crippen LogP contribution in [0.4, 0.5) is 10.1 Å². The maximum Gasteiger partial charge on any atom is 0.254 e. The summed E-state index contributed by atoms with van der Waals surface area (Å²) in [4.78, 5) is 14.1. The molecule has 0 unspecified atom stereocenters. The molecule has 0 bridgehead atoms. The van der Waals surface area contributed by atoms with Crippen molar-refractivity contribution in [1.29, 1.82) is 0 Å². The summed E-state index contributed by atoms with van der Waals surface area (Å²) in [5.74, 6) is -0.847. The van der Waals surface area contributed by atoms with E-state index in [1.54, 1.807) is 12.1 Å². The largest absolute Gasteiger partial charge is 0.372 e. The van der Waals surface area contributed by atoms with Gasteiger partial charge < -0.3 is 10.2 Å². The zero-order valence-electron chi connectivity index (χ0n) is 12.8. The van der Waals surface area contributed by atoms with E-state index >= 15 is 0 Å². The zero-order chi connectivity index (χ0) is 15.8. The minimum Gasteiger partial charge on any atom is -0.372 e. The Kier molecular flexibility index (Phi) is 5.95. The molecular weight excluding hydrogens is 279 g/mol. The molecule has 0 aliphatic rings. The molecule has 0 aliphatic heterocycles. The van der Waals surface area contributed by atoms with E-state index in [0.29, 0.717) is 6.54 Å². The Bertz CT molecular complexity index is 601. The molecule has 1 N–H and O–H groups in total. The number of amides is 1. The molecule has 0 radical (unpaired) electrons. The molecule has 1 amide bonds. The van der Waals surface area contributed by atoms with E-state index in [9.17, 15) is 9.18 Å². The van der Waals surface area contributed by atoms with Crippen molar-refractivity contribution < 1.29 is 9.18 Å². The number of carbonyl (C=O) groups excluding carboxylic acids is 1. The van der Waals surface area contributed by atoms with Crippen molar-refractivity contribution in [3.63, 3.8) is 0 Å². The third-order valence-corrected chi connectivity index (χ3v) is 3.51. The number of nitrogens with one attached hydrogen (secondary N) is 1. The van der Waals surface area contributed by atoms with Crippen LogP contribution in [-0.4, -0.2) is 25.5 Å². The SMILES string of the molecule is CCN(CCCNC(=O)c1ccccc1F)c1ccccc1. The number of nitrogens with zero attached hydrogens (tertiary/aromatic N) is 1. The van der Waals surface area contributed by atoms with Crippen LogP contribution >= 0.6 is 0 Å². The van der Waals surface area contributed by atoms with Gasteiger partial charge in [-0.1, -0.05) is 30.3 Å². The van der Waals surface area contributed by atoms with Crippen LogP contribution in [0.15, 0.2) is 54.6 Å². The minimum atomic E-state index is -0.487. The van der Waals surface area contributed by atoms with Gasteiger partial charge >= 0.3 is 0 Å². The number of benzene rings is 2. The van der Waals surface area contributed by atoms with E-state index in [-0.39, 0.29) is 11.5 Å². The molecule has 2 aromatic carbocycles.